The molecule has 1 amide bonds. The number of hydrogen-bond donors (Lipinski definition) is 3. The van der Waals surface area contributed by atoms with E-state index in [-0.39, 0.29) is 12.5 Å². The Labute approximate surface area is 428 Å². The summed E-state index contributed by atoms with van der Waals surface area (Å²) in [5.41, 5.74) is 0. The molecule has 0 aliphatic heterocycles. The molecule has 0 aromatic carbocycles. The van der Waals surface area contributed by atoms with E-state index in [2.05, 4.69) is 43.5 Å². The highest BCUT2D eigenvalue weighted by Crippen LogP contribution is 2.19. The van der Waals surface area contributed by atoms with Gasteiger partial charge in [-0.15, -0.1) is 0 Å². The molecule has 2 unspecified atom stereocenters. The third kappa shape index (κ3) is 55.8. The van der Waals surface area contributed by atoms with Gasteiger partial charge in [-0.25, -0.2) is 0 Å². The van der Waals surface area contributed by atoms with Crippen LogP contribution < -0.4 is 5.32 Å². The van der Waals surface area contributed by atoms with Gasteiger partial charge in [0.2, 0.25) is 5.91 Å². The van der Waals surface area contributed by atoms with Gasteiger partial charge in [0.05, 0.1) is 18.8 Å². The van der Waals surface area contributed by atoms with E-state index in [1.165, 1.54) is 302 Å². The average Bonchev–Trinajstić information content (AvgIpc) is 3.34. The summed E-state index contributed by atoms with van der Waals surface area (Å²) in [6, 6.07) is -0.534. The Morgan fingerprint density at radius 3 is 0.882 bits per heavy atom. The fraction of sp³-hybridized carbons (Fsp3) is 0.922. The number of carbonyl (C=O) groups excluding carboxylic acids is 1. The molecule has 4 nitrogen and oxygen atoms in total. The number of amides is 1. The molecule has 0 bridgehead atoms. The number of nitrogens with one attached hydrogen (secondary N) is 1. The topological polar surface area (TPSA) is 69.6 Å². The molecule has 0 radical (unpaired) electrons. The SMILES string of the molecule is CCCCCCC/C=C\C/C=C\CCCCCCCCCCCCCCCCCCCCCCCCCC(=O)NC(CO)C(O)CCCCCCCCCCCCCCCCCCCCCCC. The van der Waals surface area contributed by atoms with Crippen molar-refractivity contribution in [2.24, 2.45) is 0 Å². The van der Waals surface area contributed by atoms with Gasteiger partial charge in [-0.2, -0.15) is 0 Å². The van der Waals surface area contributed by atoms with Gasteiger partial charge in [0.1, 0.15) is 0 Å². The van der Waals surface area contributed by atoms with E-state index in [9.17, 15) is 15.0 Å². The quantitative estimate of drug-likeness (QED) is 0.0420. The normalized spacial score (nSPS) is 12.8. The molecule has 0 heterocycles. The molecule has 0 aliphatic carbocycles. The predicted octanol–water partition coefficient (Wildman–Crippen LogP) is 21.0. The van der Waals surface area contributed by atoms with Crippen molar-refractivity contribution in [3.05, 3.63) is 24.3 Å². The molecular weight excluding hydrogens is 831 g/mol. The summed E-state index contributed by atoms with van der Waals surface area (Å²) >= 11 is 0. The highest BCUT2D eigenvalue weighted by Gasteiger charge is 2.20. The van der Waals surface area contributed by atoms with E-state index >= 15 is 0 Å². The lowest BCUT2D eigenvalue weighted by Gasteiger charge is -2.22. The largest absolute Gasteiger partial charge is 0.394 e. The minimum absolute atomic E-state index is 0.0228. The van der Waals surface area contributed by atoms with E-state index in [1.807, 2.05) is 0 Å². The zero-order valence-electron chi connectivity index (χ0n) is 46.7. The van der Waals surface area contributed by atoms with Crippen LogP contribution in [0.5, 0.6) is 0 Å². The number of carbonyl (C=O) groups is 1. The summed E-state index contributed by atoms with van der Waals surface area (Å²) in [7, 11) is 0. The van der Waals surface area contributed by atoms with Crippen molar-refractivity contribution < 1.29 is 15.0 Å². The van der Waals surface area contributed by atoms with Crippen molar-refractivity contribution in [1.82, 2.24) is 5.32 Å². The smallest absolute Gasteiger partial charge is 0.220 e. The van der Waals surface area contributed by atoms with Gasteiger partial charge < -0.3 is 15.5 Å². The fourth-order valence-corrected chi connectivity index (χ4v) is 10.2. The van der Waals surface area contributed by atoms with E-state index in [1.54, 1.807) is 0 Å². The maximum atomic E-state index is 12.5. The Hall–Kier alpha value is -1.13. The van der Waals surface area contributed by atoms with E-state index < -0.39 is 12.1 Å². The Morgan fingerprint density at radius 2 is 0.603 bits per heavy atom. The van der Waals surface area contributed by atoms with Crippen LogP contribution >= 0.6 is 0 Å². The van der Waals surface area contributed by atoms with Crippen LogP contribution in [0.1, 0.15) is 361 Å². The monoisotopic (exact) mass is 956 g/mol. The summed E-state index contributed by atoms with van der Waals surface area (Å²) in [4.78, 5) is 12.5. The van der Waals surface area contributed by atoms with Gasteiger partial charge >= 0.3 is 0 Å². The van der Waals surface area contributed by atoms with Crippen LogP contribution in [0.2, 0.25) is 0 Å². The average molecular weight is 957 g/mol. The van der Waals surface area contributed by atoms with E-state index in [0.29, 0.717) is 12.8 Å². The first-order valence-corrected chi connectivity index (χ1v) is 31.5. The van der Waals surface area contributed by atoms with Crippen molar-refractivity contribution in [1.29, 1.82) is 0 Å². The summed E-state index contributed by atoms with van der Waals surface area (Å²) in [6.45, 7) is 4.39. The molecule has 0 saturated carbocycles. The number of aliphatic hydroxyl groups is 2. The van der Waals surface area contributed by atoms with Gasteiger partial charge in [0.25, 0.3) is 0 Å². The summed E-state index contributed by atoms with van der Waals surface area (Å²) in [5, 5.41) is 23.4. The second-order valence-electron chi connectivity index (χ2n) is 21.8. The molecule has 0 rings (SSSR count). The highest BCUT2D eigenvalue weighted by molar-refractivity contribution is 5.76. The van der Waals surface area contributed by atoms with Gasteiger partial charge in [0, 0.05) is 6.42 Å². The summed E-state index contributed by atoms with van der Waals surface area (Å²) in [5.74, 6) is -0.0228. The first kappa shape index (κ1) is 66.9. The molecule has 0 aromatic rings. The third-order valence-electron chi connectivity index (χ3n) is 15.0. The van der Waals surface area contributed by atoms with Crippen molar-refractivity contribution in [2.45, 2.75) is 373 Å². The van der Waals surface area contributed by atoms with Crippen LogP contribution in [0.4, 0.5) is 0 Å². The molecule has 0 aliphatic rings. The number of aliphatic hydroxyl groups excluding tert-OH is 2. The molecule has 4 heteroatoms. The lowest BCUT2D eigenvalue weighted by atomic mass is 10.0. The van der Waals surface area contributed by atoms with Gasteiger partial charge in [-0.3, -0.25) is 4.79 Å². The third-order valence-corrected chi connectivity index (χ3v) is 15.0. The molecule has 68 heavy (non-hydrogen) atoms. The van der Waals surface area contributed by atoms with Crippen LogP contribution in [0.3, 0.4) is 0 Å². The van der Waals surface area contributed by atoms with Gasteiger partial charge in [-0.1, -0.05) is 334 Å². The molecular formula is C64H125NO3. The number of unbranched alkanes of at least 4 members (excludes halogenated alkanes) is 48. The maximum Gasteiger partial charge on any atom is 0.220 e. The van der Waals surface area contributed by atoms with Crippen molar-refractivity contribution in [3.8, 4) is 0 Å². The van der Waals surface area contributed by atoms with Gasteiger partial charge in [-0.05, 0) is 44.9 Å². The lowest BCUT2D eigenvalue weighted by Crippen LogP contribution is -2.45. The minimum Gasteiger partial charge on any atom is -0.394 e. The Morgan fingerprint density at radius 1 is 0.353 bits per heavy atom. The first-order valence-electron chi connectivity index (χ1n) is 31.5. The Kier molecular flexibility index (Phi) is 59.2. The van der Waals surface area contributed by atoms with E-state index in [0.717, 1.165) is 32.1 Å². The second kappa shape index (κ2) is 60.2. The summed E-state index contributed by atoms with van der Waals surface area (Å²) in [6.07, 6.45) is 80.6. The molecule has 0 saturated heterocycles. The van der Waals surface area contributed by atoms with Crippen LogP contribution in [-0.4, -0.2) is 34.9 Å². The number of allylic oxidation sites excluding steroid dienone is 4. The van der Waals surface area contributed by atoms with Crippen LogP contribution in [-0.2, 0) is 4.79 Å². The van der Waals surface area contributed by atoms with E-state index in [4.69, 9.17) is 0 Å². The van der Waals surface area contributed by atoms with Crippen molar-refractivity contribution in [3.63, 3.8) is 0 Å². The number of hydrogen-bond acceptors (Lipinski definition) is 3. The number of rotatable bonds is 59. The standard InChI is InChI=1S/C64H125NO3/c1-3-5-7-9-11-13-15-17-19-21-23-25-26-27-28-29-30-31-32-33-34-35-36-37-38-40-42-44-46-48-50-52-54-56-58-60-64(68)65-62(61-66)63(67)59-57-55-53-51-49-47-45-43-41-39-24-22-20-18-16-14-12-10-8-6-4-2/h15,17,21,23,62-63,66-67H,3-14,16,18-20,22,24-61H2,1-2H3,(H,65,68)/b17-15-,23-21-. The Balaban J connectivity index is 3.38. The minimum atomic E-state index is -0.657. The first-order chi connectivity index (χ1) is 33.7. The molecule has 2 atom stereocenters. The molecule has 404 valence electrons. The van der Waals surface area contributed by atoms with Crippen molar-refractivity contribution >= 4 is 5.91 Å². The summed E-state index contributed by atoms with van der Waals surface area (Å²) < 4.78 is 0. The predicted molar refractivity (Wildman–Crippen MR) is 304 cm³/mol. The maximum absolute atomic E-state index is 12.5. The van der Waals surface area contributed by atoms with Crippen molar-refractivity contribution in [2.75, 3.05) is 6.61 Å². The Bertz CT molecular complexity index is 994. The van der Waals surface area contributed by atoms with Crippen LogP contribution in [0, 0.1) is 0 Å². The molecule has 0 aromatic heterocycles. The second-order valence-corrected chi connectivity index (χ2v) is 21.8. The molecule has 0 spiro atoms. The zero-order valence-corrected chi connectivity index (χ0v) is 46.7. The highest BCUT2D eigenvalue weighted by atomic mass is 16.3. The molecule has 3 N–H and O–H groups in total. The fourth-order valence-electron chi connectivity index (χ4n) is 10.2. The van der Waals surface area contributed by atoms with Crippen LogP contribution in [0.15, 0.2) is 24.3 Å². The van der Waals surface area contributed by atoms with Gasteiger partial charge in [0.15, 0.2) is 0 Å². The zero-order chi connectivity index (χ0) is 49.2. The van der Waals surface area contributed by atoms with Crippen LogP contribution in [0.25, 0.3) is 0 Å². The molecule has 0 fully saturated rings. The lowest BCUT2D eigenvalue weighted by molar-refractivity contribution is -0.123.